The van der Waals surface area contributed by atoms with E-state index >= 15 is 0 Å². The molecule has 1 aliphatic rings. The molecule has 1 saturated heterocycles. The van der Waals surface area contributed by atoms with Gasteiger partial charge < -0.3 is 4.48 Å². The Morgan fingerprint density at radius 2 is 2.24 bits per heavy atom. The molecule has 0 spiro atoms. The summed E-state index contributed by atoms with van der Waals surface area (Å²) in [5.41, 5.74) is 0. The molecule has 1 rings (SSSR count). The number of piperidine rings is 1. The van der Waals surface area contributed by atoms with E-state index < -0.39 is 0 Å². The molecule has 0 N–H and O–H groups in total. The van der Waals surface area contributed by atoms with Crippen LogP contribution in [0.15, 0.2) is 0 Å². The van der Waals surface area contributed by atoms with Crippen LogP contribution in [0.3, 0.4) is 0 Å². The van der Waals surface area contributed by atoms with Crippen LogP contribution in [0, 0.1) is 5.92 Å². The van der Waals surface area contributed by atoms with Gasteiger partial charge >= 0.3 is 0 Å². The van der Waals surface area contributed by atoms with Gasteiger partial charge in [0.15, 0.2) is 5.12 Å². The summed E-state index contributed by atoms with van der Waals surface area (Å²) in [5.74, 6) is 1.86. The predicted molar refractivity (Wildman–Crippen MR) is 76.2 cm³/mol. The molecule has 1 heterocycles. The Kier molecular flexibility index (Phi) is 6.57. The van der Waals surface area contributed by atoms with E-state index in [0.717, 1.165) is 37.5 Å². The Labute approximate surface area is 111 Å². The smallest absolute Gasteiger partial charge is 0.189 e. The van der Waals surface area contributed by atoms with Gasteiger partial charge in [-0.2, -0.15) is 0 Å². The van der Waals surface area contributed by atoms with Crippen molar-refractivity contribution in [1.29, 1.82) is 0 Å². The molecular weight excluding hydrogens is 230 g/mol. The second kappa shape index (κ2) is 7.42. The standard InChI is InChI=1S/C14H28NOS/c1-4-5-8-14(16)17-11-10-15(3)9-6-7-13(2)12-15/h13H,4-12H2,1-3H3/q+1. The highest BCUT2D eigenvalue weighted by molar-refractivity contribution is 8.13. The van der Waals surface area contributed by atoms with Crippen molar-refractivity contribution in [3.05, 3.63) is 0 Å². The topological polar surface area (TPSA) is 17.1 Å². The number of hydrogen-bond donors (Lipinski definition) is 0. The van der Waals surface area contributed by atoms with E-state index in [1.807, 2.05) is 0 Å². The van der Waals surface area contributed by atoms with Crippen molar-refractivity contribution in [2.24, 2.45) is 5.92 Å². The number of hydrogen-bond acceptors (Lipinski definition) is 2. The molecule has 0 radical (unpaired) electrons. The van der Waals surface area contributed by atoms with Crippen molar-refractivity contribution in [2.45, 2.75) is 46.0 Å². The minimum Gasteiger partial charge on any atom is -0.325 e. The number of nitrogens with zero attached hydrogens (tertiary/aromatic N) is 1. The monoisotopic (exact) mass is 258 g/mol. The first-order valence-electron chi connectivity index (χ1n) is 7.05. The SMILES string of the molecule is CCCCC(=O)SCC[N+]1(C)CCCC(C)C1. The first-order valence-corrected chi connectivity index (χ1v) is 8.03. The highest BCUT2D eigenvalue weighted by Gasteiger charge is 2.28. The van der Waals surface area contributed by atoms with Gasteiger partial charge in [0.05, 0.1) is 32.4 Å². The molecule has 2 atom stereocenters. The third kappa shape index (κ3) is 5.91. The Morgan fingerprint density at radius 1 is 1.47 bits per heavy atom. The van der Waals surface area contributed by atoms with Crippen LogP contribution in [0.5, 0.6) is 0 Å². The van der Waals surface area contributed by atoms with Crippen molar-refractivity contribution in [3.8, 4) is 0 Å². The fourth-order valence-corrected chi connectivity index (χ4v) is 3.78. The van der Waals surface area contributed by atoms with Crippen LogP contribution in [-0.4, -0.2) is 42.0 Å². The molecule has 2 unspecified atom stereocenters. The Balaban J connectivity index is 2.18. The number of thioether (sulfide) groups is 1. The molecule has 1 aliphatic heterocycles. The van der Waals surface area contributed by atoms with E-state index in [4.69, 9.17) is 0 Å². The predicted octanol–water partition coefficient (Wildman–Crippen LogP) is 3.31. The zero-order valence-electron chi connectivity index (χ0n) is 11.7. The van der Waals surface area contributed by atoms with Crippen LogP contribution in [-0.2, 0) is 4.79 Å². The van der Waals surface area contributed by atoms with Crippen molar-refractivity contribution in [2.75, 3.05) is 32.4 Å². The quantitative estimate of drug-likeness (QED) is 0.680. The van der Waals surface area contributed by atoms with Crippen LogP contribution in [0.1, 0.15) is 46.0 Å². The summed E-state index contributed by atoms with van der Waals surface area (Å²) in [6.07, 6.45) is 5.68. The summed E-state index contributed by atoms with van der Waals surface area (Å²) < 4.78 is 1.18. The minimum atomic E-state index is 0.392. The average molecular weight is 258 g/mol. The van der Waals surface area contributed by atoms with E-state index in [1.165, 1.54) is 30.4 Å². The van der Waals surface area contributed by atoms with Crippen LogP contribution < -0.4 is 0 Å². The average Bonchev–Trinajstić information content (AvgIpc) is 2.25. The molecule has 100 valence electrons. The van der Waals surface area contributed by atoms with Crippen LogP contribution in [0.4, 0.5) is 0 Å². The third-order valence-corrected chi connectivity index (χ3v) is 4.69. The largest absolute Gasteiger partial charge is 0.325 e. The lowest BCUT2D eigenvalue weighted by molar-refractivity contribution is -0.915. The maximum Gasteiger partial charge on any atom is 0.189 e. The third-order valence-electron chi connectivity index (χ3n) is 3.78. The molecule has 0 aromatic heterocycles. The van der Waals surface area contributed by atoms with Crippen molar-refractivity contribution in [1.82, 2.24) is 0 Å². The number of quaternary nitrogens is 1. The van der Waals surface area contributed by atoms with Gasteiger partial charge in [0, 0.05) is 12.3 Å². The van der Waals surface area contributed by atoms with Gasteiger partial charge in [-0.1, -0.05) is 32.0 Å². The molecule has 1 fully saturated rings. The van der Waals surface area contributed by atoms with E-state index in [2.05, 4.69) is 20.9 Å². The van der Waals surface area contributed by atoms with E-state index in [1.54, 1.807) is 11.8 Å². The summed E-state index contributed by atoms with van der Waals surface area (Å²) in [7, 11) is 2.35. The van der Waals surface area contributed by atoms with Gasteiger partial charge in [0.25, 0.3) is 0 Å². The van der Waals surface area contributed by atoms with E-state index in [9.17, 15) is 4.79 Å². The molecular formula is C14H28NOS+. The summed E-state index contributed by atoms with van der Waals surface area (Å²) in [5, 5.41) is 0.392. The fraction of sp³-hybridized carbons (Fsp3) is 0.929. The highest BCUT2D eigenvalue weighted by atomic mass is 32.2. The van der Waals surface area contributed by atoms with Crippen LogP contribution in [0.25, 0.3) is 0 Å². The summed E-state index contributed by atoms with van der Waals surface area (Å²) in [6.45, 7) is 8.25. The molecule has 0 saturated carbocycles. The fourth-order valence-electron chi connectivity index (χ4n) is 2.73. The van der Waals surface area contributed by atoms with Crippen LogP contribution in [0.2, 0.25) is 0 Å². The highest BCUT2D eigenvalue weighted by Crippen LogP contribution is 2.22. The van der Waals surface area contributed by atoms with Gasteiger partial charge in [-0.15, -0.1) is 0 Å². The maximum absolute atomic E-state index is 11.6. The van der Waals surface area contributed by atoms with E-state index in [0.29, 0.717) is 5.12 Å². The molecule has 2 nitrogen and oxygen atoms in total. The Bertz CT molecular complexity index is 244. The molecule has 0 bridgehead atoms. The van der Waals surface area contributed by atoms with Crippen molar-refractivity contribution >= 4 is 16.9 Å². The maximum atomic E-state index is 11.6. The molecule has 0 aliphatic carbocycles. The molecule has 0 aromatic carbocycles. The minimum absolute atomic E-state index is 0.392. The zero-order valence-corrected chi connectivity index (χ0v) is 12.5. The normalized spacial score (nSPS) is 29.2. The number of likely N-dealkylation sites (tertiary alicyclic amines) is 1. The number of unbranched alkanes of at least 4 members (excludes halogenated alkanes) is 1. The first-order chi connectivity index (χ1) is 8.06. The van der Waals surface area contributed by atoms with Gasteiger partial charge in [-0.3, -0.25) is 4.79 Å². The lowest BCUT2D eigenvalue weighted by atomic mass is 9.98. The second-order valence-corrected chi connectivity index (χ2v) is 6.97. The molecule has 0 aromatic rings. The Hall–Kier alpha value is -0.0200. The van der Waals surface area contributed by atoms with Gasteiger partial charge in [0.2, 0.25) is 0 Å². The summed E-state index contributed by atoms with van der Waals surface area (Å²) >= 11 is 1.56. The molecule has 17 heavy (non-hydrogen) atoms. The summed E-state index contributed by atoms with van der Waals surface area (Å²) in [4.78, 5) is 11.6. The Morgan fingerprint density at radius 3 is 2.88 bits per heavy atom. The number of carbonyl (C=O) groups is 1. The first kappa shape index (κ1) is 15.0. The van der Waals surface area contributed by atoms with Gasteiger partial charge in [-0.05, 0) is 19.3 Å². The van der Waals surface area contributed by atoms with Gasteiger partial charge in [0.1, 0.15) is 0 Å². The lowest BCUT2D eigenvalue weighted by Gasteiger charge is -2.40. The molecule has 3 heteroatoms. The zero-order chi connectivity index (χ0) is 12.7. The van der Waals surface area contributed by atoms with Crippen LogP contribution >= 0.6 is 11.8 Å². The van der Waals surface area contributed by atoms with E-state index in [-0.39, 0.29) is 0 Å². The van der Waals surface area contributed by atoms with Crippen molar-refractivity contribution < 1.29 is 9.28 Å². The summed E-state index contributed by atoms with van der Waals surface area (Å²) in [6, 6.07) is 0. The lowest BCUT2D eigenvalue weighted by Crippen LogP contribution is -2.51. The number of rotatable bonds is 6. The van der Waals surface area contributed by atoms with Crippen molar-refractivity contribution in [3.63, 3.8) is 0 Å². The molecule has 0 amide bonds. The van der Waals surface area contributed by atoms with Gasteiger partial charge in [-0.25, -0.2) is 0 Å². The number of carbonyl (C=O) groups excluding carboxylic acids is 1. The second-order valence-electron chi connectivity index (χ2n) is 5.82.